The van der Waals surface area contributed by atoms with Gasteiger partial charge in [-0.2, -0.15) is 4.98 Å². The van der Waals surface area contributed by atoms with Crippen LogP contribution in [0.15, 0.2) is 57.2 Å². The number of halogens is 1. The van der Waals surface area contributed by atoms with E-state index in [-0.39, 0.29) is 49.2 Å². The molecule has 0 aliphatic carbocycles. The lowest BCUT2D eigenvalue weighted by molar-refractivity contribution is 0.277. The lowest BCUT2D eigenvalue weighted by atomic mass is 10.00. The molecule has 10 heteroatoms. The van der Waals surface area contributed by atoms with E-state index in [1.54, 1.807) is 23.9 Å². The van der Waals surface area contributed by atoms with E-state index in [1.165, 1.54) is 4.57 Å². The topological polar surface area (TPSA) is 103 Å². The number of fused-ring (bicyclic) bond motifs is 1. The van der Waals surface area contributed by atoms with Gasteiger partial charge in [-0.15, -0.1) is 0 Å². The number of ether oxygens (including phenoxy) is 1. The summed E-state index contributed by atoms with van der Waals surface area (Å²) in [6.45, 7) is 6.36. The normalized spacial score (nSPS) is 17.6. The standard InChI is InChI=1S/C25H30ClN5O4/c1-16(2)18-8-5-6-9-19(18)35-23-28-21-20(22(33)30(12-7-13-32)24(34)29(21)4)31(23)15-25(3)11-10-17(26)14-27-25/h5-6,8-11,14,16,27,32H,7,12-13,15H2,1-4H3. The molecule has 0 radical (unpaired) electrons. The van der Waals surface area contributed by atoms with Gasteiger partial charge in [0.15, 0.2) is 11.2 Å². The van der Waals surface area contributed by atoms with Gasteiger partial charge in [-0.3, -0.25) is 18.5 Å². The zero-order chi connectivity index (χ0) is 25.3. The molecule has 9 nitrogen and oxygen atoms in total. The molecular weight excluding hydrogens is 470 g/mol. The molecule has 0 bridgehead atoms. The van der Waals surface area contributed by atoms with E-state index in [4.69, 9.17) is 16.3 Å². The maximum absolute atomic E-state index is 13.5. The quantitative estimate of drug-likeness (QED) is 0.493. The Morgan fingerprint density at radius 1 is 1.23 bits per heavy atom. The number of nitrogens with zero attached hydrogens (tertiary/aromatic N) is 4. The number of allylic oxidation sites excluding steroid dienone is 2. The predicted molar refractivity (Wildman–Crippen MR) is 136 cm³/mol. The number of para-hydroxylation sites is 1. The Balaban J connectivity index is 1.94. The molecule has 1 aromatic carbocycles. The Bertz CT molecular complexity index is 1430. The third kappa shape index (κ3) is 4.78. The van der Waals surface area contributed by atoms with Gasteiger partial charge in [-0.1, -0.05) is 49.7 Å². The molecule has 0 spiro atoms. The number of hydrogen-bond donors (Lipinski definition) is 2. The summed E-state index contributed by atoms with van der Waals surface area (Å²) in [6, 6.07) is 7.88. The van der Waals surface area contributed by atoms with Crippen molar-refractivity contribution >= 4 is 22.8 Å². The van der Waals surface area contributed by atoms with Crippen LogP contribution in [0.5, 0.6) is 11.8 Å². The predicted octanol–water partition coefficient (Wildman–Crippen LogP) is 3.19. The summed E-state index contributed by atoms with van der Waals surface area (Å²) >= 11 is 6.10. The first-order chi connectivity index (χ1) is 16.6. The van der Waals surface area contributed by atoms with Crippen molar-refractivity contribution in [2.45, 2.75) is 51.7 Å². The maximum Gasteiger partial charge on any atom is 0.332 e. The van der Waals surface area contributed by atoms with Crippen molar-refractivity contribution in [1.82, 2.24) is 24.0 Å². The molecule has 2 N–H and O–H groups in total. The Morgan fingerprint density at radius 2 is 1.97 bits per heavy atom. The third-order valence-electron chi connectivity index (χ3n) is 6.12. The average molecular weight is 500 g/mol. The van der Waals surface area contributed by atoms with Crippen LogP contribution in [0.2, 0.25) is 0 Å². The Hall–Kier alpha value is -3.30. The fraction of sp³-hybridized carbons (Fsp3) is 0.400. The Morgan fingerprint density at radius 3 is 2.63 bits per heavy atom. The highest BCUT2D eigenvalue weighted by Gasteiger charge is 2.29. The number of hydrogen-bond acceptors (Lipinski definition) is 6. The van der Waals surface area contributed by atoms with Gasteiger partial charge < -0.3 is 15.2 Å². The molecule has 0 fully saturated rings. The second-order valence-corrected chi connectivity index (χ2v) is 9.68. The van der Waals surface area contributed by atoms with E-state index in [1.807, 2.05) is 37.3 Å². The molecule has 3 aromatic rings. The average Bonchev–Trinajstić information content (AvgIpc) is 3.17. The number of aromatic nitrogens is 4. The second-order valence-electron chi connectivity index (χ2n) is 9.25. The van der Waals surface area contributed by atoms with Gasteiger partial charge in [0, 0.05) is 26.4 Å². The van der Waals surface area contributed by atoms with Crippen molar-refractivity contribution in [1.29, 1.82) is 0 Å². The minimum absolute atomic E-state index is 0.100. The molecular formula is C25H30ClN5O4. The van der Waals surface area contributed by atoms with Crippen molar-refractivity contribution in [2.24, 2.45) is 7.05 Å². The van der Waals surface area contributed by atoms with Crippen molar-refractivity contribution in [2.75, 3.05) is 6.61 Å². The minimum atomic E-state index is -0.598. The summed E-state index contributed by atoms with van der Waals surface area (Å²) in [5.74, 6) is 0.835. The summed E-state index contributed by atoms with van der Waals surface area (Å²) in [4.78, 5) is 31.1. The maximum atomic E-state index is 13.5. The van der Waals surface area contributed by atoms with Crippen molar-refractivity contribution in [3.8, 4) is 11.8 Å². The molecule has 1 aliphatic rings. The highest BCUT2D eigenvalue weighted by molar-refractivity contribution is 6.31. The fourth-order valence-electron chi connectivity index (χ4n) is 4.17. The highest BCUT2D eigenvalue weighted by atomic mass is 35.5. The van der Waals surface area contributed by atoms with Gasteiger partial charge in [-0.05, 0) is 37.0 Å². The lowest BCUT2D eigenvalue weighted by Gasteiger charge is -2.30. The van der Waals surface area contributed by atoms with Crippen LogP contribution in [0.4, 0.5) is 0 Å². The Labute approximate surface area is 207 Å². The summed E-state index contributed by atoms with van der Waals surface area (Å²) in [5, 5.41) is 13.1. The molecule has 1 atom stereocenters. The molecule has 4 rings (SSSR count). The van der Waals surface area contributed by atoms with Gasteiger partial charge in [0.25, 0.3) is 5.56 Å². The van der Waals surface area contributed by atoms with Crippen LogP contribution in [0.25, 0.3) is 11.2 Å². The number of aliphatic hydroxyl groups is 1. The first kappa shape index (κ1) is 24.8. The van der Waals surface area contributed by atoms with E-state index < -0.39 is 16.8 Å². The van der Waals surface area contributed by atoms with Gasteiger partial charge in [0.05, 0.1) is 17.1 Å². The molecule has 0 saturated heterocycles. The van der Waals surface area contributed by atoms with Gasteiger partial charge in [-0.25, -0.2) is 4.79 Å². The van der Waals surface area contributed by atoms with Crippen LogP contribution in [0, 0.1) is 0 Å². The number of dihydropyridines is 1. The van der Waals surface area contributed by atoms with Crippen LogP contribution >= 0.6 is 11.6 Å². The van der Waals surface area contributed by atoms with Gasteiger partial charge in [0.1, 0.15) is 5.75 Å². The number of benzene rings is 1. The number of imidazole rings is 1. The van der Waals surface area contributed by atoms with Crippen LogP contribution < -0.4 is 21.3 Å². The van der Waals surface area contributed by atoms with Crippen molar-refractivity contribution in [3.63, 3.8) is 0 Å². The second kappa shape index (κ2) is 9.75. The number of nitrogens with one attached hydrogen (secondary N) is 1. The zero-order valence-electron chi connectivity index (χ0n) is 20.3. The molecule has 3 heterocycles. The summed E-state index contributed by atoms with van der Waals surface area (Å²) in [5.41, 5.74) is -0.0941. The summed E-state index contributed by atoms with van der Waals surface area (Å²) in [7, 11) is 1.58. The molecule has 0 amide bonds. The van der Waals surface area contributed by atoms with Crippen LogP contribution in [0.1, 0.15) is 38.7 Å². The molecule has 2 aromatic heterocycles. The van der Waals surface area contributed by atoms with Crippen LogP contribution in [-0.2, 0) is 20.1 Å². The smallest absolute Gasteiger partial charge is 0.332 e. The van der Waals surface area contributed by atoms with Gasteiger partial charge in [0.2, 0.25) is 0 Å². The molecule has 1 unspecified atom stereocenters. The largest absolute Gasteiger partial charge is 0.425 e. The first-order valence-electron chi connectivity index (χ1n) is 11.6. The van der Waals surface area contributed by atoms with E-state index in [9.17, 15) is 14.7 Å². The number of rotatable bonds is 8. The molecule has 1 aliphatic heterocycles. The third-order valence-corrected chi connectivity index (χ3v) is 6.35. The number of aliphatic hydroxyl groups excluding tert-OH is 1. The van der Waals surface area contributed by atoms with Crippen LogP contribution in [-0.4, -0.2) is 35.9 Å². The van der Waals surface area contributed by atoms with Crippen molar-refractivity contribution < 1.29 is 9.84 Å². The molecule has 0 saturated carbocycles. The van der Waals surface area contributed by atoms with E-state index in [0.717, 1.165) is 10.1 Å². The monoisotopic (exact) mass is 499 g/mol. The number of aryl methyl sites for hydroxylation is 1. The van der Waals surface area contributed by atoms with E-state index in [0.29, 0.717) is 10.8 Å². The summed E-state index contributed by atoms with van der Waals surface area (Å²) < 4.78 is 10.5. The SMILES string of the molecule is CC(C)c1ccccc1Oc1nc2c(c(=O)n(CCCO)c(=O)n2C)n1CC1(C)C=CC(Cl)=CN1. The summed E-state index contributed by atoms with van der Waals surface area (Å²) in [6.07, 6.45) is 5.69. The first-order valence-corrected chi connectivity index (χ1v) is 11.9. The van der Waals surface area contributed by atoms with E-state index >= 15 is 0 Å². The minimum Gasteiger partial charge on any atom is -0.425 e. The van der Waals surface area contributed by atoms with Gasteiger partial charge >= 0.3 is 11.7 Å². The zero-order valence-corrected chi connectivity index (χ0v) is 21.0. The Kier molecular flexibility index (Phi) is 6.91. The van der Waals surface area contributed by atoms with E-state index in [2.05, 4.69) is 24.1 Å². The lowest BCUT2D eigenvalue weighted by Crippen LogP contribution is -2.44. The highest BCUT2D eigenvalue weighted by Crippen LogP contribution is 2.32. The molecule has 186 valence electrons. The fourth-order valence-corrected chi connectivity index (χ4v) is 4.29. The van der Waals surface area contributed by atoms with Crippen molar-refractivity contribution in [3.05, 3.63) is 74.1 Å². The van der Waals surface area contributed by atoms with Crippen LogP contribution in [0.3, 0.4) is 0 Å². The molecule has 35 heavy (non-hydrogen) atoms.